The average Bonchev–Trinajstić information content (AvgIpc) is 2.57. The van der Waals surface area contributed by atoms with Crippen LogP contribution in [0.1, 0.15) is 5.56 Å². The summed E-state index contributed by atoms with van der Waals surface area (Å²) in [7, 11) is 3.08. The Bertz CT molecular complexity index is 810. The molecule has 0 amide bonds. The molecule has 0 unspecified atom stereocenters. The number of rotatable bonds is 2. The first-order valence-corrected chi connectivity index (χ1v) is 6.99. The molecule has 22 heavy (non-hydrogen) atoms. The summed E-state index contributed by atoms with van der Waals surface area (Å²) in [6.45, 7) is 0.543. The molecule has 1 aliphatic heterocycles. The molecule has 1 aliphatic rings. The monoisotopic (exact) mass is 302 g/mol. The van der Waals surface area contributed by atoms with E-state index in [2.05, 4.69) is 0 Å². The number of benzene rings is 1. The van der Waals surface area contributed by atoms with Crippen molar-refractivity contribution in [3.63, 3.8) is 0 Å². The molecule has 0 aliphatic carbocycles. The minimum Gasteiger partial charge on any atom is -0.376 e. The fraction of sp³-hybridized carbons (Fsp3) is 0.333. The zero-order valence-electron chi connectivity index (χ0n) is 12.6. The van der Waals surface area contributed by atoms with Gasteiger partial charge in [-0.15, -0.1) is 0 Å². The summed E-state index contributed by atoms with van der Waals surface area (Å²) in [5.41, 5.74) is 0.754. The van der Waals surface area contributed by atoms with E-state index in [0.717, 1.165) is 10.3 Å². The molecule has 1 aromatic heterocycles. The zero-order chi connectivity index (χ0) is 15.9. The van der Waals surface area contributed by atoms with E-state index in [4.69, 9.17) is 0 Å². The Morgan fingerprint density at radius 2 is 1.77 bits per heavy atom. The maximum absolute atomic E-state index is 12.4. The molecule has 116 valence electrons. The standard InChI is InChI=1S/C15H18N4O3/c1-16-13-12(14(21)17(2)15(16)22)8-18(9-19(13)10-20)11-6-4-3-5-7-11/h3-7,20H,8-10H2,1-2H3. The Labute approximate surface area is 127 Å². The van der Waals surface area contributed by atoms with Gasteiger partial charge in [0.25, 0.3) is 5.56 Å². The van der Waals surface area contributed by atoms with Crippen molar-refractivity contribution in [2.45, 2.75) is 6.54 Å². The van der Waals surface area contributed by atoms with Crippen LogP contribution in [-0.4, -0.2) is 27.6 Å². The fourth-order valence-corrected chi connectivity index (χ4v) is 2.88. The van der Waals surface area contributed by atoms with Crippen molar-refractivity contribution in [2.24, 2.45) is 14.1 Å². The maximum atomic E-state index is 12.4. The minimum atomic E-state index is -0.393. The van der Waals surface area contributed by atoms with E-state index in [1.54, 1.807) is 11.9 Å². The van der Waals surface area contributed by atoms with Gasteiger partial charge in [0.2, 0.25) is 0 Å². The van der Waals surface area contributed by atoms with Gasteiger partial charge in [-0.3, -0.25) is 13.9 Å². The number of aliphatic hydroxyl groups excluding tert-OH is 1. The summed E-state index contributed by atoms with van der Waals surface area (Å²) in [4.78, 5) is 28.1. The summed E-state index contributed by atoms with van der Waals surface area (Å²) in [6.07, 6.45) is 0. The molecule has 7 nitrogen and oxygen atoms in total. The van der Waals surface area contributed by atoms with Gasteiger partial charge in [-0.1, -0.05) is 18.2 Å². The molecule has 0 saturated heterocycles. The topological polar surface area (TPSA) is 70.7 Å². The number of hydrogen-bond donors (Lipinski definition) is 1. The summed E-state index contributed by atoms with van der Waals surface area (Å²) >= 11 is 0. The van der Waals surface area contributed by atoms with Crippen molar-refractivity contribution in [3.8, 4) is 0 Å². The number of para-hydroxylation sites is 1. The smallest absolute Gasteiger partial charge is 0.332 e. The van der Waals surface area contributed by atoms with Crippen LogP contribution < -0.4 is 21.0 Å². The third kappa shape index (κ3) is 2.10. The predicted octanol–water partition coefficient (Wildman–Crippen LogP) is -0.182. The van der Waals surface area contributed by atoms with Crippen molar-refractivity contribution in [3.05, 3.63) is 56.7 Å². The molecule has 2 heterocycles. The second-order valence-electron chi connectivity index (χ2n) is 5.36. The van der Waals surface area contributed by atoms with Gasteiger partial charge in [0.15, 0.2) is 0 Å². The van der Waals surface area contributed by atoms with Crippen molar-refractivity contribution in [1.29, 1.82) is 0 Å². The molecule has 2 aromatic rings. The van der Waals surface area contributed by atoms with Crippen LogP contribution in [0.3, 0.4) is 0 Å². The van der Waals surface area contributed by atoms with Crippen LogP contribution in [0.5, 0.6) is 0 Å². The second kappa shape index (κ2) is 5.34. The highest BCUT2D eigenvalue weighted by molar-refractivity contribution is 5.57. The lowest BCUT2D eigenvalue weighted by atomic mass is 10.2. The van der Waals surface area contributed by atoms with Crippen molar-refractivity contribution < 1.29 is 5.11 Å². The molecular weight excluding hydrogens is 284 g/mol. The summed E-state index contributed by atoms with van der Waals surface area (Å²) in [5, 5.41) is 9.65. The van der Waals surface area contributed by atoms with E-state index in [9.17, 15) is 14.7 Å². The molecule has 0 saturated carbocycles. The average molecular weight is 302 g/mol. The molecule has 0 fully saturated rings. The predicted molar refractivity (Wildman–Crippen MR) is 84.0 cm³/mol. The van der Waals surface area contributed by atoms with Crippen molar-refractivity contribution in [2.75, 3.05) is 23.2 Å². The van der Waals surface area contributed by atoms with Crippen molar-refractivity contribution in [1.82, 2.24) is 9.13 Å². The Morgan fingerprint density at radius 3 is 2.41 bits per heavy atom. The molecule has 0 radical (unpaired) electrons. The van der Waals surface area contributed by atoms with E-state index in [1.165, 1.54) is 11.6 Å². The number of hydrogen-bond acceptors (Lipinski definition) is 5. The Morgan fingerprint density at radius 1 is 1.09 bits per heavy atom. The van der Waals surface area contributed by atoms with Gasteiger partial charge >= 0.3 is 5.69 Å². The molecule has 0 bridgehead atoms. The summed E-state index contributed by atoms with van der Waals surface area (Å²) < 4.78 is 2.51. The Hall–Kier alpha value is -2.54. The SMILES string of the molecule is Cn1c2c(c(=O)n(C)c1=O)CN(c1ccccc1)CN2CO. The lowest BCUT2D eigenvalue weighted by molar-refractivity contribution is 0.284. The van der Waals surface area contributed by atoms with Crippen LogP contribution in [0.4, 0.5) is 11.5 Å². The Kier molecular flexibility index (Phi) is 3.50. The summed E-state index contributed by atoms with van der Waals surface area (Å²) in [5.74, 6) is 0.489. The molecule has 3 rings (SSSR count). The first-order valence-electron chi connectivity index (χ1n) is 6.99. The molecule has 1 N–H and O–H groups in total. The highest BCUT2D eigenvalue weighted by Gasteiger charge is 2.28. The van der Waals surface area contributed by atoms with Gasteiger partial charge in [-0.25, -0.2) is 4.79 Å². The van der Waals surface area contributed by atoms with Crippen LogP contribution in [-0.2, 0) is 20.6 Å². The van der Waals surface area contributed by atoms with Gasteiger partial charge in [0.05, 0.1) is 18.8 Å². The van der Waals surface area contributed by atoms with Crippen molar-refractivity contribution >= 4 is 11.5 Å². The normalized spacial score (nSPS) is 14.1. The first-order chi connectivity index (χ1) is 10.5. The number of aromatic nitrogens is 2. The third-order valence-electron chi connectivity index (χ3n) is 4.01. The van der Waals surface area contributed by atoms with E-state index < -0.39 is 5.69 Å². The third-order valence-corrected chi connectivity index (χ3v) is 4.01. The van der Waals surface area contributed by atoms with Crippen LogP contribution in [0.25, 0.3) is 0 Å². The maximum Gasteiger partial charge on any atom is 0.332 e. The van der Waals surface area contributed by atoms with Crippen LogP contribution in [0, 0.1) is 0 Å². The molecular formula is C15H18N4O3. The quantitative estimate of drug-likeness (QED) is 0.833. The second-order valence-corrected chi connectivity index (χ2v) is 5.36. The van der Waals surface area contributed by atoms with E-state index in [1.807, 2.05) is 35.2 Å². The minimum absolute atomic E-state index is 0.267. The Balaban J connectivity index is 2.17. The number of anilines is 2. The van der Waals surface area contributed by atoms with Crippen LogP contribution >= 0.6 is 0 Å². The molecule has 0 atom stereocenters. The lowest BCUT2D eigenvalue weighted by Crippen LogP contribution is -2.51. The largest absolute Gasteiger partial charge is 0.376 e. The molecule has 7 heteroatoms. The highest BCUT2D eigenvalue weighted by Crippen LogP contribution is 2.26. The number of aliphatic hydroxyl groups is 1. The lowest BCUT2D eigenvalue weighted by Gasteiger charge is -2.38. The van der Waals surface area contributed by atoms with Gasteiger partial charge in [-0.2, -0.15) is 0 Å². The van der Waals surface area contributed by atoms with E-state index in [0.29, 0.717) is 24.6 Å². The summed E-state index contributed by atoms with van der Waals surface area (Å²) in [6, 6.07) is 9.67. The number of nitrogens with zero attached hydrogens (tertiary/aromatic N) is 4. The van der Waals surface area contributed by atoms with Crippen LogP contribution in [0.2, 0.25) is 0 Å². The number of fused-ring (bicyclic) bond motifs is 1. The van der Waals surface area contributed by atoms with E-state index >= 15 is 0 Å². The highest BCUT2D eigenvalue weighted by atomic mass is 16.3. The molecule has 1 aromatic carbocycles. The molecule has 0 spiro atoms. The van der Waals surface area contributed by atoms with Gasteiger partial charge in [0.1, 0.15) is 12.5 Å². The van der Waals surface area contributed by atoms with Gasteiger partial charge < -0.3 is 14.9 Å². The fourth-order valence-electron chi connectivity index (χ4n) is 2.88. The van der Waals surface area contributed by atoms with Crippen LogP contribution in [0.15, 0.2) is 39.9 Å². The van der Waals surface area contributed by atoms with E-state index in [-0.39, 0.29) is 12.3 Å². The van der Waals surface area contributed by atoms with Gasteiger partial charge in [-0.05, 0) is 12.1 Å². The first kappa shape index (κ1) is 14.4. The van der Waals surface area contributed by atoms with Gasteiger partial charge in [0, 0.05) is 19.8 Å². The zero-order valence-corrected chi connectivity index (χ0v) is 12.6.